The molecule has 4 aromatic carbocycles. The number of benzene rings is 4. The summed E-state index contributed by atoms with van der Waals surface area (Å²) in [5.41, 5.74) is 16.8. The molecule has 1 atom stereocenters. The van der Waals surface area contributed by atoms with Crippen molar-refractivity contribution >= 4 is 3.21 Å². The Morgan fingerprint density at radius 1 is 0.689 bits per heavy atom. The van der Waals surface area contributed by atoms with Gasteiger partial charge in [-0.05, 0) is 17.4 Å². The van der Waals surface area contributed by atoms with Gasteiger partial charge in [-0.15, -0.1) is 12.5 Å². The van der Waals surface area contributed by atoms with E-state index < -0.39 is 0 Å². The standard InChI is InChI=1S/C21H25.C15H14.C8H11.Zr/c1-20(2,3)16-9-7-14-11-15-8-10-17(21(4,5)6)13-19(15)18(14)12-16;1-12-3-7-14(8-4-12)11-15-9-5-13(2)6-10-15;1-6-4-7(2)8(3)5-6;/h7,9-10,12-13H,11H2,1-6H3;3-10H,1-2H3;4,6H,1-3H3;/q-1;;-1;+2. The first-order chi connectivity index (χ1) is 21.0. The molecule has 0 bridgehead atoms. The molecule has 230 valence electrons. The van der Waals surface area contributed by atoms with Crippen LogP contribution < -0.4 is 0 Å². The number of allylic oxidation sites excluding steroid dienone is 4. The zero-order chi connectivity index (χ0) is 33.1. The van der Waals surface area contributed by atoms with Crippen LogP contribution in [0, 0.1) is 31.9 Å². The van der Waals surface area contributed by atoms with Crippen molar-refractivity contribution in [1.82, 2.24) is 0 Å². The molecule has 1 unspecified atom stereocenters. The number of hydrogen-bond acceptors (Lipinski definition) is 0. The monoisotopic (exact) mass is 668 g/mol. The Kier molecular flexibility index (Phi) is 11.1. The molecule has 4 aromatic rings. The Hall–Kier alpha value is -2.89. The summed E-state index contributed by atoms with van der Waals surface area (Å²) >= 11 is 1.46. The van der Waals surface area contributed by atoms with Crippen molar-refractivity contribution in [2.45, 2.75) is 93.4 Å². The zero-order valence-corrected chi connectivity index (χ0v) is 31.8. The van der Waals surface area contributed by atoms with E-state index in [1.807, 2.05) is 0 Å². The number of aryl methyl sites for hydroxylation is 2. The average molecular weight is 670 g/mol. The fourth-order valence-corrected chi connectivity index (χ4v) is 6.41. The van der Waals surface area contributed by atoms with Gasteiger partial charge in [-0.3, -0.25) is 6.08 Å². The maximum absolute atomic E-state index is 3.53. The van der Waals surface area contributed by atoms with Crippen molar-refractivity contribution in [3.63, 3.8) is 0 Å². The number of rotatable bonds is 2. The van der Waals surface area contributed by atoms with Gasteiger partial charge in [0.2, 0.25) is 0 Å². The van der Waals surface area contributed by atoms with Crippen LogP contribution in [0.2, 0.25) is 0 Å². The molecule has 0 fully saturated rings. The summed E-state index contributed by atoms with van der Waals surface area (Å²) < 4.78 is 1.42. The van der Waals surface area contributed by atoms with Gasteiger partial charge in [0.25, 0.3) is 0 Å². The van der Waals surface area contributed by atoms with E-state index in [-0.39, 0.29) is 10.8 Å². The van der Waals surface area contributed by atoms with Crippen LogP contribution in [0.3, 0.4) is 0 Å². The van der Waals surface area contributed by atoms with Crippen molar-refractivity contribution in [2.24, 2.45) is 5.92 Å². The van der Waals surface area contributed by atoms with Gasteiger partial charge in [0, 0.05) is 0 Å². The normalized spacial score (nSPS) is 15.1. The third-order valence-corrected chi connectivity index (χ3v) is 10.2. The van der Waals surface area contributed by atoms with Crippen molar-refractivity contribution in [1.29, 1.82) is 0 Å². The van der Waals surface area contributed by atoms with Crippen LogP contribution in [-0.4, -0.2) is 3.21 Å². The molecule has 0 spiro atoms. The van der Waals surface area contributed by atoms with E-state index >= 15 is 0 Å². The molecule has 1 heteroatoms. The van der Waals surface area contributed by atoms with Crippen molar-refractivity contribution in [3.05, 3.63) is 153 Å². The van der Waals surface area contributed by atoms with Crippen LogP contribution in [0.25, 0.3) is 11.1 Å². The Morgan fingerprint density at radius 3 is 1.62 bits per heavy atom. The van der Waals surface area contributed by atoms with E-state index in [9.17, 15) is 0 Å². The van der Waals surface area contributed by atoms with Crippen LogP contribution in [0.5, 0.6) is 0 Å². The van der Waals surface area contributed by atoms with Crippen LogP contribution in [0.15, 0.2) is 96.1 Å². The van der Waals surface area contributed by atoms with Crippen LogP contribution in [0.4, 0.5) is 0 Å². The molecule has 0 radical (unpaired) electrons. The average Bonchev–Trinajstić information content (AvgIpc) is 3.49. The van der Waals surface area contributed by atoms with E-state index in [1.54, 1.807) is 0 Å². The number of fused-ring (bicyclic) bond motifs is 3. The first kappa shape index (κ1) is 35.0. The number of hydrogen-bond donors (Lipinski definition) is 0. The molecule has 0 amide bonds. The van der Waals surface area contributed by atoms with E-state index in [0.29, 0.717) is 5.92 Å². The third-order valence-electron chi connectivity index (χ3n) is 8.74. The molecule has 6 rings (SSSR count). The first-order valence-corrected chi connectivity index (χ1v) is 17.5. The molecule has 0 aromatic heterocycles. The minimum absolute atomic E-state index is 0.177. The summed E-state index contributed by atoms with van der Waals surface area (Å²) in [5.74, 6) is 0.551. The van der Waals surface area contributed by atoms with Gasteiger partial charge < -0.3 is 0 Å². The molecule has 0 saturated heterocycles. The molecular formula is C44H50Zr. The first-order valence-electron chi connectivity index (χ1n) is 16.2. The summed E-state index contributed by atoms with van der Waals surface area (Å²) in [6, 6.07) is 32.6. The fraction of sp³-hybridized carbons (Fsp3) is 0.341. The van der Waals surface area contributed by atoms with E-state index in [2.05, 4.69) is 173 Å². The Balaban J connectivity index is 0.000000169. The predicted octanol–water partition coefficient (Wildman–Crippen LogP) is 11.4. The molecule has 2 aliphatic carbocycles. The Morgan fingerprint density at radius 2 is 1.20 bits per heavy atom. The van der Waals surface area contributed by atoms with Gasteiger partial charge in [-0.25, -0.2) is 11.1 Å². The third kappa shape index (κ3) is 9.11. The van der Waals surface area contributed by atoms with Crippen LogP contribution in [-0.2, 0) is 41.5 Å². The molecule has 45 heavy (non-hydrogen) atoms. The van der Waals surface area contributed by atoms with Crippen LogP contribution >= 0.6 is 0 Å². The predicted molar refractivity (Wildman–Crippen MR) is 192 cm³/mol. The molecule has 2 aliphatic rings. The Labute approximate surface area is 289 Å². The maximum atomic E-state index is 3.53. The molecular weight excluding hydrogens is 620 g/mol. The van der Waals surface area contributed by atoms with Crippen LogP contribution in [0.1, 0.15) is 107 Å². The van der Waals surface area contributed by atoms with Gasteiger partial charge in [0.05, 0.1) is 0 Å². The summed E-state index contributed by atoms with van der Waals surface area (Å²) in [5, 5.41) is 0. The van der Waals surface area contributed by atoms with E-state index in [0.717, 1.165) is 6.42 Å². The van der Waals surface area contributed by atoms with Gasteiger partial charge in [-0.1, -0.05) is 96.0 Å². The zero-order valence-electron chi connectivity index (χ0n) is 29.4. The molecule has 0 saturated carbocycles. The van der Waals surface area contributed by atoms with Gasteiger partial charge in [0.1, 0.15) is 0 Å². The van der Waals surface area contributed by atoms with Gasteiger partial charge in [-0.2, -0.15) is 35.4 Å². The molecule has 0 N–H and O–H groups in total. The quantitative estimate of drug-likeness (QED) is 0.164. The SMILES string of the molecule is CC(C)(C)c1c[c-]c2c(c1)-c1cc(C(C)(C)C)ccc1C2.CC1=[C-]C(C)C=C1C.Cc1ccc([C](=[Zr+2])c2ccc(C)cc2)cc1. The molecule has 0 heterocycles. The summed E-state index contributed by atoms with van der Waals surface area (Å²) in [6.07, 6.45) is 6.55. The second-order valence-electron chi connectivity index (χ2n) is 14.8. The molecule has 0 aliphatic heterocycles. The second-order valence-corrected chi connectivity index (χ2v) is 16.1. The summed E-state index contributed by atoms with van der Waals surface area (Å²) in [4.78, 5) is 0. The van der Waals surface area contributed by atoms with Crippen molar-refractivity contribution in [2.75, 3.05) is 0 Å². The van der Waals surface area contributed by atoms with Gasteiger partial charge in [0.15, 0.2) is 0 Å². The van der Waals surface area contributed by atoms with E-state index in [1.165, 1.54) is 94.2 Å². The van der Waals surface area contributed by atoms with Crippen molar-refractivity contribution in [3.8, 4) is 11.1 Å². The van der Waals surface area contributed by atoms with E-state index in [4.69, 9.17) is 0 Å². The molecule has 0 nitrogen and oxygen atoms in total. The fourth-order valence-electron chi connectivity index (χ4n) is 5.59. The Bertz CT molecular complexity index is 1590. The second kappa shape index (κ2) is 14.3. The minimum atomic E-state index is 0.177. The topological polar surface area (TPSA) is 0 Å². The van der Waals surface area contributed by atoms with Crippen molar-refractivity contribution < 1.29 is 24.2 Å². The summed E-state index contributed by atoms with van der Waals surface area (Å²) in [6.45, 7) is 24.3. The summed E-state index contributed by atoms with van der Waals surface area (Å²) in [7, 11) is 0. The van der Waals surface area contributed by atoms with Gasteiger partial charge >= 0.3 is 112 Å².